The molecule has 1 N–H and O–H groups in total. The van der Waals surface area contributed by atoms with Crippen molar-refractivity contribution in [3.63, 3.8) is 0 Å². The van der Waals surface area contributed by atoms with Gasteiger partial charge >= 0.3 is 0 Å². The molecule has 3 aromatic rings. The van der Waals surface area contributed by atoms with E-state index >= 15 is 0 Å². The fourth-order valence-corrected chi connectivity index (χ4v) is 3.17. The number of benzene rings is 3. The van der Waals surface area contributed by atoms with Gasteiger partial charge in [0.2, 0.25) is 0 Å². The Morgan fingerprint density at radius 1 is 1.06 bits per heavy atom. The SMILES string of the molecule is N#CC(=Cc1cccc(OCc2ccccc2)c1)C(=O)Nc1ccc(SC(F)F)cc1. The van der Waals surface area contributed by atoms with Gasteiger partial charge in [-0.25, -0.2) is 0 Å². The number of nitrogens with one attached hydrogen (secondary N) is 1. The first kappa shape index (κ1) is 22.1. The molecule has 4 nitrogen and oxygen atoms in total. The van der Waals surface area contributed by atoms with Crippen LogP contribution in [0, 0.1) is 11.3 Å². The Kier molecular flexibility index (Phi) is 7.79. The number of anilines is 1. The monoisotopic (exact) mass is 436 g/mol. The van der Waals surface area contributed by atoms with Crippen LogP contribution in [0.15, 0.2) is 89.3 Å². The molecule has 0 aliphatic carbocycles. The Balaban J connectivity index is 1.66. The molecular formula is C24H18F2N2O2S. The highest BCUT2D eigenvalue weighted by Gasteiger charge is 2.11. The fraction of sp³-hybridized carbons (Fsp3) is 0.0833. The van der Waals surface area contributed by atoms with Crippen LogP contribution in [0.3, 0.4) is 0 Å². The smallest absolute Gasteiger partial charge is 0.288 e. The van der Waals surface area contributed by atoms with E-state index in [-0.39, 0.29) is 5.57 Å². The third-order valence-corrected chi connectivity index (χ3v) is 4.84. The maximum atomic E-state index is 12.4. The summed E-state index contributed by atoms with van der Waals surface area (Å²) >= 11 is 0.421. The summed E-state index contributed by atoms with van der Waals surface area (Å²) in [6.07, 6.45) is 1.46. The number of thioether (sulfide) groups is 1. The lowest BCUT2D eigenvalue weighted by Crippen LogP contribution is -2.13. The molecule has 0 saturated carbocycles. The summed E-state index contributed by atoms with van der Waals surface area (Å²) in [4.78, 5) is 12.8. The zero-order valence-corrected chi connectivity index (χ0v) is 17.1. The first-order chi connectivity index (χ1) is 15.0. The maximum absolute atomic E-state index is 12.4. The van der Waals surface area contributed by atoms with Gasteiger partial charge in [0.1, 0.15) is 24.0 Å². The number of amides is 1. The number of carbonyl (C=O) groups excluding carboxylic acids is 1. The van der Waals surface area contributed by atoms with Crippen LogP contribution in [0.1, 0.15) is 11.1 Å². The molecule has 0 aliphatic heterocycles. The van der Waals surface area contributed by atoms with Crippen LogP contribution in [0.4, 0.5) is 14.5 Å². The van der Waals surface area contributed by atoms with Crippen molar-refractivity contribution in [2.75, 3.05) is 5.32 Å². The molecule has 0 saturated heterocycles. The van der Waals surface area contributed by atoms with Crippen molar-refractivity contribution < 1.29 is 18.3 Å². The van der Waals surface area contributed by atoms with Crippen LogP contribution in [0.25, 0.3) is 6.08 Å². The second kappa shape index (κ2) is 11.0. The molecule has 0 bridgehead atoms. The Hall–Kier alpha value is -3.63. The third-order valence-electron chi connectivity index (χ3n) is 4.12. The van der Waals surface area contributed by atoms with Crippen molar-refractivity contribution in [1.82, 2.24) is 0 Å². The molecule has 0 radical (unpaired) electrons. The van der Waals surface area contributed by atoms with E-state index in [0.29, 0.717) is 40.3 Å². The second-order valence-electron chi connectivity index (χ2n) is 6.37. The van der Waals surface area contributed by atoms with Crippen LogP contribution in [-0.2, 0) is 11.4 Å². The molecule has 31 heavy (non-hydrogen) atoms. The predicted octanol–water partition coefficient (Wildman–Crippen LogP) is 6.13. The number of halogens is 2. The van der Waals surface area contributed by atoms with Crippen LogP contribution in [0.2, 0.25) is 0 Å². The van der Waals surface area contributed by atoms with Crippen molar-refractivity contribution in [1.29, 1.82) is 5.26 Å². The Morgan fingerprint density at radius 2 is 1.81 bits per heavy atom. The number of carbonyl (C=O) groups is 1. The minimum Gasteiger partial charge on any atom is -0.489 e. The molecule has 7 heteroatoms. The number of alkyl halides is 2. The van der Waals surface area contributed by atoms with Gasteiger partial charge in [0.15, 0.2) is 0 Å². The Labute approximate surface area is 183 Å². The standard InChI is InChI=1S/C24H18F2N2O2S/c25-24(26)31-22-11-9-20(10-12-22)28-23(29)19(15-27)13-18-7-4-8-21(14-18)30-16-17-5-2-1-3-6-17/h1-14,24H,16H2,(H,28,29). The summed E-state index contributed by atoms with van der Waals surface area (Å²) < 4.78 is 30.6. The summed E-state index contributed by atoms with van der Waals surface area (Å²) in [6.45, 7) is 0.402. The molecule has 3 aromatic carbocycles. The number of nitriles is 1. The molecule has 0 spiro atoms. The molecular weight excluding hydrogens is 418 g/mol. The van der Waals surface area contributed by atoms with E-state index in [2.05, 4.69) is 5.32 Å². The lowest BCUT2D eigenvalue weighted by atomic mass is 10.1. The van der Waals surface area contributed by atoms with Crippen LogP contribution in [0.5, 0.6) is 5.75 Å². The first-order valence-corrected chi connectivity index (χ1v) is 10.2. The molecule has 0 aliphatic rings. The molecule has 0 unspecified atom stereocenters. The van der Waals surface area contributed by atoms with E-state index in [0.717, 1.165) is 5.56 Å². The first-order valence-electron chi connectivity index (χ1n) is 9.28. The van der Waals surface area contributed by atoms with Crippen LogP contribution < -0.4 is 10.1 Å². The van der Waals surface area contributed by atoms with E-state index in [9.17, 15) is 18.8 Å². The minimum atomic E-state index is -2.51. The average Bonchev–Trinajstić information content (AvgIpc) is 2.78. The predicted molar refractivity (Wildman–Crippen MR) is 118 cm³/mol. The topological polar surface area (TPSA) is 62.1 Å². The highest BCUT2D eigenvalue weighted by atomic mass is 32.2. The van der Waals surface area contributed by atoms with E-state index in [1.54, 1.807) is 24.3 Å². The van der Waals surface area contributed by atoms with Crippen LogP contribution in [-0.4, -0.2) is 11.7 Å². The zero-order chi connectivity index (χ0) is 22.1. The summed E-state index contributed by atoms with van der Waals surface area (Å²) in [6, 6.07) is 24.7. The molecule has 1 amide bonds. The van der Waals surface area contributed by atoms with Gasteiger partial charge in [-0.1, -0.05) is 54.2 Å². The largest absolute Gasteiger partial charge is 0.489 e. The maximum Gasteiger partial charge on any atom is 0.288 e. The third kappa shape index (κ3) is 6.98. The summed E-state index contributed by atoms with van der Waals surface area (Å²) in [5.41, 5.74) is 1.98. The molecule has 156 valence electrons. The highest BCUT2D eigenvalue weighted by Crippen LogP contribution is 2.26. The molecule has 0 fully saturated rings. The van der Waals surface area contributed by atoms with E-state index in [1.807, 2.05) is 36.4 Å². The van der Waals surface area contributed by atoms with Crippen molar-refractivity contribution in [2.24, 2.45) is 0 Å². The van der Waals surface area contributed by atoms with E-state index in [4.69, 9.17) is 4.74 Å². The quantitative estimate of drug-likeness (QED) is 0.262. The fourth-order valence-electron chi connectivity index (χ4n) is 2.67. The van der Waals surface area contributed by atoms with E-state index < -0.39 is 11.7 Å². The van der Waals surface area contributed by atoms with Crippen molar-refractivity contribution in [3.05, 3.63) is 95.6 Å². The van der Waals surface area contributed by atoms with Gasteiger partial charge in [0.05, 0.1) is 0 Å². The number of rotatable bonds is 8. The van der Waals surface area contributed by atoms with Gasteiger partial charge in [-0.15, -0.1) is 0 Å². The van der Waals surface area contributed by atoms with Crippen molar-refractivity contribution >= 4 is 29.4 Å². The number of ether oxygens (including phenoxy) is 1. The average molecular weight is 436 g/mol. The highest BCUT2D eigenvalue weighted by molar-refractivity contribution is 7.99. The van der Waals surface area contributed by atoms with Gasteiger partial charge in [-0.2, -0.15) is 14.0 Å². The number of hydrogen-bond acceptors (Lipinski definition) is 4. The van der Waals surface area contributed by atoms with Gasteiger partial charge in [0, 0.05) is 10.6 Å². The zero-order valence-electron chi connectivity index (χ0n) is 16.3. The van der Waals surface area contributed by atoms with Gasteiger partial charge in [-0.05, 0) is 53.6 Å². The summed E-state index contributed by atoms with van der Waals surface area (Å²) in [5.74, 6) is -2.49. The summed E-state index contributed by atoms with van der Waals surface area (Å²) in [5, 5.41) is 12.0. The Morgan fingerprint density at radius 3 is 2.48 bits per heavy atom. The summed E-state index contributed by atoms with van der Waals surface area (Å²) in [7, 11) is 0. The van der Waals surface area contributed by atoms with Crippen molar-refractivity contribution in [3.8, 4) is 11.8 Å². The van der Waals surface area contributed by atoms with Crippen LogP contribution >= 0.6 is 11.8 Å². The molecule has 3 rings (SSSR count). The van der Waals surface area contributed by atoms with Gasteiger partial charge in [0.25, 0.3) is 11.7 Å². The number of nitrogens with zero attached hydrogens (tertiary/aromatic N) is 1. The molecule has 0 aromatic heterocycles. The lowest BCUT2D eigenvalue weighted by Gasteiger charge is -2.08. The molecule has 0 atom stereocenters. The Bertz CT molecular complexity index is 1090. The molecule has 0 heterocycles. The van der Waals surface area contributed by atoms with Gasteiger partial charge < -0.3 is 10.1 Å². The minimum absolute atomic E-state index is 0.0914. The normalized spacial score (nSPS) is 11.1. The lowest BCUT2D eigenvalue weighted by molar-refractivity contribution is -0.112. The van der Waals surface area contributed by atoms with Gasteiger partial charge in [-0.3, -0.25) is 4.79 Å². The van der Waals surface area contributed by atoms with E-state index in [1.165, 1.54) is 30.3 Å². The number of hydrogen-bond donors (Lipinski definition) is 1. The second-order valence-corrected chi connectivity index (χ2v) is 7.44. The van der Waals surface area contributed by atoms with Crippen molar-refractivity contribution in [2.45, 2.75) is 17.3 Å².